The number of aliphatic hydroxyl groups is 3. The fourth-order valence-electron chi connectivity index (χ4n) is 7.66. The number of aliphatic carboxylic acids is 3. The number of rotatable bonds is 6. The van der Waals surface area contributed by atoms with Crippen molar-refractivity contribution in [3.8, 4) is 0 Å². The molecule has 0 aliphatic heterocycles. The smallest absolute Gasteiger partial charge is 0.306 e. The van der Waals surface area contributed by atoms with Gasteiger partial charge < -0.3 is 36.4 Å². The Morgan fingerprint density at radius 1 is 1.00 bits per heavy atom. The van der Waals surface area contributed by atoms with Crippen molar-refractivity contribution in [2.75, 3.05) is 0 Å². The summed E-state index contributed by atoms with van der Waals surface area (Å²) in [6, 6.07) is -0.517. The average Bonchev–Trinajstić information content (AvgIpc) is 2.84. The van der Waals surface area contributed by atoms with Gasteiger partial charge in [-0.05, 0) is 67.1 Å². The van der Waals surface area contributed by atoms with E-state index in [4.69, 9.17) is 10.8 Å². The lowest BCUT2D eigenvalue weighted by Gasteiger charge is -2.55. The van der Waals surface area contributed by atoms with Crippen LogP contribution in [-0.4, -0.2) is 71.4 Å². The van der Waals surface area contributed by atoms with Gasteiger partial charge in [-0.2, -0.15) is 0 Å². The zero-order chi connectivity index (χ0) is 25.3. The van der Waals surface area contributed by atoms with E-state index in [9.17, 15) is 39.9 Å². The zero-order valence-electron chi connectivity index (χ0n) is 19.1. The van der Waals surface area contributed by atoms with Gasteiger partial charge in [-0.15, -0.1) is 0 Å². The van der Waals surface area contributed by atoms with Crippen molar-refractivity contribution in [2.45, 2.75) is 81.1 Å². The Balaban J connectivity index is 1.72. The van der Waals surface area contributed by atoms with Crippen LogP contribution < -0.4 is 5.73 Å². The van der Waals surface area contributed by atoms with E-state index in [1.165, 1.54) is 0 Å². The average molecular weight is 480 g/mol. The normalized spacial score (nSPS) is 45.3. The quantitative estimate of drug-likeness (QED) is 0.284. The van der Waals surface area contributed by atoms with Crippen molar-refractivity contribution in [1.82, 2.24) is 0 Å². The van der Waals surface area contributed by atoms with Crippen LogP contribution in [0.15, 0.2) is 23.3 Å². The number of hydrogen-bond acceptors (Lipinski definition) is 7. The first-order chi connectivity index (χ1) is 15.6. The fourth-order valence-corrected chi connectivity index (χ4v) is 7.66. The molecule has 10 heteroatoms. The molecule has 0 heterocycles. The standard InChI is InChI=1S/C24H33NO9/c1-21-4-2-12-13-3-5-22(32,9-18(26)27)7-15(13)17(25)6-14(12)16(21)8-23(33,10-19(28)29)24(21,34)11-20(30)31/h3,7,12,14,16-17,32-34H,2,4-6,8-11,25H2,1H3,(H,26,27)(H,28,29)(H,30,31)/t12-,14-,16+,17+,21+,22?,23+,24-/m1/s1. The monoisotopic (exact) mass is 479 g/mol. The molecule has 8 N–H and O–H groups in total. The molecule has 0 saturated heterocycles. The highest BCUT2D eigenvalue weighted by molar-refractivity contribution is 5.72. The molecule has 0 amide bonds. The van der Waals surface area contributed by atoms with Crippen molar-refractivity contribution >= 4 is 17.9 Å². The van der Waals surface area contributed by atoms with E-state index >= 15 is 0 Å². The van der Waals surface area contributed by atoms with Crippen LogP contribution in [0.2, 0.25) is 0 Å². The maximum Gasteiger partial charge on any atom is 0.306 e. The molecule has 0 bridgehead atoms. The molecule has 4 aliphatic carbocycles. The summed E-state index contributed by atoms with van der Waals surface area (Å²) in [5, 5.41) is 62.0. The van der Waals surface area contributed by atoms with E-state index in [0.717, 1.165) is 5.57 Å². The Kier molecular flexibility index (Phi) is 5.75. The molecular formula is C24H33NO9. The highest BCUT2D eigenvalue weighted by Gasteiger charge is 2.72. The molecular weight excluding hydrogens is 446 g/mol. The molecule has 8 atom stereocenters. The second kappa shape index (κ2) is 7.87. The summed E-state index contributed by atoms with van der Waals surface area (Å²) in [6.45, 7) is 1.74. The van der Waals surface area contributed by atoms with Gasteiger partial charge in [0, 0.05) is 11.5 Å². The second-order valence-electron chi connectivity index (χ2n) is 11.0. The third-order valence-corrected chi connectivity index (χ3v) is 9.17. The number of carboxylic acid groups (broad SMARTS) is 3. The van der Waals surface area contributed by atoms with Crippen molar-refractivity contribution in [2.24, 2.45) is 28.9 Å². The first-order valence-corrected chi connectivity index (χ1v) is 11.7. The van der Waals surface area contributed by atoms with Gasteiger partial charge in [0.25, 0.3) is 0 Å². The first kappa shape index (κ1) is 24.8. The van der Waals surface area contributed by atoms with Gasteiger partial charge in [-0.3, -0.25) is 14.4 Å². The topological polar surface area (TPSA) is 199 Å². The van der Waals surface area contributed by atoms with Crippen molar-refractivity contribution in [3.63, 3.8) is 0 Å². The molecule has 0 aromatic carbocycles. The third kappa shape index (κ3) is 3.59. The summed E-state index contributed by atoms with van der Waals surface area (Å²) in [5.74, 6) is -4.27. The Labute approximate surface area is 196 Å². The third-order valence-electron chi connectivity index (χ3n) is 9.17. The van der Waals surface area contributed by atoms with Crippen LogP contribution >= 0.6 is 0 Å². The lowest BCUT2D eigenvalue weighted by Crippen LogP contribution is -2.61. The maximum atomic E-state index is 11.7. The van der Waals surface area contributed by atoms with E-state index in [2.05, 4.69) is 0 Å². The predicted molar refractivity (Wildman–Crippen MR) is 117 cm³/mol. The number of hydrogen-bond donors (Lipinski definition) is 7. The molecule has 4 aliphatic rings. The van der Waals surface area contributed by atoms with Gasteiger partial charge in [0.15, 0.2) is 0 Å². The second-order valence-corrected chi connectivity index (χ2v) is 11.0. The summed E-state index contributed by atoms with van der Waals surface area (Å²) in [4.78, 5) is 34.5. The van der Waals surface area contributed by atoms with Gasteiger partial charge in [0.2, 0.25) is 0 Å². The molecule has 34 heavy (non-hydrogen) atoms. The van der Waals surface area contributed by atoms with Crippen LogP contribution in [0.4, 0.5) is 0 Å². The number of nitrogens with two attached hydrogens (primary N) is 1. The van der Waals surface area contributed by atoms with Gasteiger partial charge in [0.05, 0.1) is 24.9 Å². The Morgan fingerprint density at radius 3 is 2.21 bits per heavy atom. The van der Waals surface area contributed by atoms with Gasteiger partial charge in [-0.25, -0.2) is 0 Å². The first-order valence-electron chi connectivity index (χ1n) is 11.7. The number of carbonyl (C=O) groups is 3. The van der Waals surface area contributed by atoms with Gasteiger partial charge in [0.1, 0.15) is 11.2 Å². The molecule has 10 nitrogen and oxygen atoms in total. The molecule has 0 radical (unpaired) electrons. The molecule has 0 aromatic rings. The van der Waals surface area contributed by atoms with Crippen LogP contribution in [0.1, 0.15) is 58.3 Å². The Bertz CT molecular complexity index is 991. The number of fused-ring (bicyclic) bond motifs is 5. The van der Waals surface area contributed by atoms with Crippen LogP contribution in [0.25, 0.3) is 0 Å². The SMILES string of the molecule is C[C@]12CC[C@@H]3C4=CCC(O)(CC(=O)O)C=C4[C@@H](N)C[C@H]3[C@@H]1C[C@](O)(CC(=O)O)[C@@]2(O)CC(=O)O. The van der Waals surface area contributed by atoms with E-state index in [0.29, 0.717) is 24.8 Å². The van der Waals surface area contributed by atoms with E-state index < -0.39 is 65.4 Å². The molecule has 3 saturated carbocycles. The number of carboxylic acids is 3. The molecule has 188 valence electrons. The maximum absolute atomic E-state index is 11.7. The largest absolute Gasteiger partial charge is 0.481 e. The minimum Gasteiger partial charge on any atom is -0.481 e. The van der Waals surface area contributed by atoms with Gasteiger partial charge >= 0.3 is 17.9 Å². The van der Waals surface area contributed by atoms with Crippen molar-refractivity contribution in [3.05, 3.63) is 23.3 Å². The minimum atomic E-state index is -2.12. The highest BCUT2D eigenvalue weighted by Crippen LogP contribution is 2.68. The van der Waals surface area contributed by atoms with Gasteiger partial charge in [-0.1, -0.05) is 13.0 Å². The van der Waals surface area contributed by atoms with Crippen LogP contribution in [0.5, 0.6) is 0 Å². The highest BCUT2D eigenvalue weighted by atomic mass is 16.4. The van der Waals surface area contributed by atoms with Crippen LogP contribution in [0, 0.1) is 23.2 Å². The molecule has 1 unspecified atom stereocenters. The summed E-state index contributed by atoms with van der Waals surface area (Å²) in [5.41, 5.74) is 1.35. The molecule has 4 rings (SSSR count). The summed E-state index contributed by atoms with van der Waals surface area (Å²) in [7, 11) is 0. The lowest BCUT2D eigenvalue weighted by atomic mass is 9.51. The van der Waals surface area contributed by atoms with Crippen LogP contribution in [-0.2, 0) is 14.4 Å². The summed E-state index contributed by atoms with van der Waals surface area (Å²) >= 11 is 0. The van der Waals surface area contributed by atoms with E-state index in [1.54, 1.807) is 13.0 Å². The van der Waals surface area contributed by atoms with E-state index in [1.807, 2.05) is 6.08 Å². The Morgan fingerprint density at radius 2 is 1.62 bits per heavy atom. The van der Waals surface area contributed by atoms with Crippen molar-refractivity contribution < 1.29 is 45.0 Å². The predicted octanol–water partition coefficient (Wildman–Crippen LogP) is 0.644. The molecule has 0 spiro atoms. The minimum absolute atomic E-state index is 0.0280. The zero-order valence-corrected chi connectivity index (χ0v) is 19.1. The van der Waals surface area contributed by atoms with Crippen LogP contribution in [0.3, 0.4) is 0 Å². The van der Waals surface area contributed by atoms with E-state index in [-0.39, 0.29) is 30.6 Å². The molecule has 3 fully saturated rings. The summed E-state index contributed by atoms with van der Waals surface area (Å²) < 4.78 is 0. The fraction of sp³-hybridized carbons (Fsp3) is 0.708. The molecule has 0 aromatic heterocycles. The summed E-state index contributed by atoms with van der Waals surface area (Å²) in [6.07, 6.45) is 2.88. The van der Waals surface area contributed by atoms with Crippen molar-refractivity contribution in [1.29, 1.82) is 0 Å². The Hall–Kier alpha value is -2.27. The lowest BCUT2D eigenvalue weighted by molar-refractivity contribution is -0.204.